The van der Waals surface area contributed by atoms with Crippen LogP contribution in [0, 0.1) is 5.82 Å². The number of nitrogens with zero attached hydrogens (tertiary/aromatic N) is 1. The molecule has 0 bridgehead atoms. The second kappa shape index (κ2) is 6.93. The van der Waals surface area contributed by atoms with Crippen molar-refractivity contribution in [2.45, 2.75) is 26.4 Å². The zero-order chi connectivity index (χ0) is 17.1. The Kier molecular flexibility index (Phi) is 4.72. The van der Waals surface area contributed by atoms with E-state index < -0.39 is 0 Å². The lowest BCUT2D eigenvalue weighted by atomic mass is 9.92. The zero-order valence-electron chi connectivity index (χ0n) is 13.8. The van der Waals surface area contributed by atoms with Crippen molar-refractivity contribution in [3.05, 3.63) is 77.6 Å². The molecule has 2 aromatic carbocycles. The lowest BCUT2D eigenvalue weighted by molar-refractivity contribution is 0.280. The molecule has 1 heterocycles. The number of aliphatic hydroxyl groups excluding tert-OH is 1. The summed E-state index contributed by atoms with van der Waals surface area (Å²) >= 11 is 0. The Labute approximate surface area is 141 Å². The number of pyridine rings is 1. The first kappa shape index (κ1) is 16.3. The van der Waals surface area contributed by atoms with Crippen LogP contribution in [0.3, 0.4) is 0 Å². The highest BCUT2D eigenvalue weighted by atomic mass is 19.1. The van der Waals surface area contributed by atoms with E-state index in [2.05, 4.69) is 13.8 Å². The van der Waals surface area contributed by atoms with E-state index in [4.69, 9.17) is 4.98 Å². The van der Waals surface area contributed by atoms with E-state index in [1.807, 2.05) is 36.4 Å². The van der Waals surface area contributed by atoms with Gasteiger partial charge in [0.2, 0.25) is 0 Å². The van der Waals surface area contributed by atoms with Crippen molar-refractivity contribution in [1.29, 1.82) is 0 Å². The summed E-state index contributed by atoms with van der Waals surface area (Å²) in [7, 11) is 0. The smallest absolute Gasteiger partial charge is 0.123 e. The van der Waals surface area contributed by atoms with Gasteiger partial charge < -0.3 is 5.11 Å². The lowest BCUT2D eigenvalue weighted by Gasteiger charge is -2.18. The maximum absolute atomic E-state index is 13.3. The summed E-state index contributed by atoms with van der Waals surface area (Å²) in [5.41, 5.74) is 5.26. The third-order valence-electron chi connectivity index (χ3n) is 4.13. The summed E-state index contributed by atoms with van der Waals surface area (Å²) < 4.78 is 13.3. The molecule has 0 radical (unpaired) electrons. The minimum absolute atomic E-state index is 0.0949. The SMILES string of the molecule is CC(C)c1cc(-c2ccccc2)nc(-c2ccc(F)cc2)c1CO. The summed E-state index contributed by atoms with van der Waals surface area (Å²) in [5.74, 6) is -0.0376. The van der Waals surface area contributed by atoms with Crippen LogP contribution < -0.4 is 0 Å². The van der Waals surface area contributed by atoms with Gasteiger partial charge in [-0.05, 0) is 41.8 Å². The Morgan fingerprint density at radius 2 is 1.62 bits per heavy atom. The summed E-state index contributed by atoms with van der Waals surface area (Å²) in [4.78, 5) is 4.77. The van der Waals surface area contributed by atoms with Gasteiger partial charge >= 0.3 is 0 Å². The van der Waals surface area contributed by atoms with Gasteiger partial charge in [-0.2, -0.15) is 0 Å². The van der Waals surface area contributed by atoms with Crippen LogP contribution in [-0.2, 0) is 6.61 Å². The second-order valence-electron chi connectivity index (χ2n) is 6.11. The fourth-order valence-electron chi connectivity index (χ4n) is 2.88. The standard InChI is InChI=1S/C21H20FNO/c1-14(2)18-12-20(15-6-4-3-5-7-15)23-21(19(18)13-24)16-8-10-17(22)11-9-16/h3-12,14,24H,13H2,1-2H3. The molecule has 0 atom stereocenters. The highest BCUT2D eigenvalue weighted by Gasteiger charge is 2.16. The van der Waals surface area contributed by atoms with Crippen LogP contribution in [0.25, 0.3) is 22.5 Å². The van der Waals surface area contributed by atoms with Crippen molar-refractivity contribution >= 4 is 0 Å². The Bertz CT molecular complexity index is 826. The molecule has 0 fully saturated rings. The summed E-state index contributed by atoms with van der Waals surface area (Å²) in [6.45, 7) is 4.09. The van der Waals surface area contributed by atoms with Gasteiger partial charge in [0.15, 0.2) is 0 Å². The first-order chi connectivity index (χ1) is 11.6. The lowest BCUT2D eigenvalue weighted by Crippen LogP contribution is -2.03. The van der Waals surface area contributed by atoms with Crippen LogP contribution in [0.5, 0.6) is 0 Å². The van der Waals surface area contributed by atoms with E-state index in [-0.39, 0.29) is 18.3 Å². The molecule has 3 heteroatoms. The molecule has 24 heavy (non-hydrogen) atoms. The fraction of sp³-hybridized carbons (Fsp3) is 0.190. The number of aliphatic hydroxyl groups is 1. The van der Waals surface area contributed by atoms with Gasteiger partial charge in [0.1, 0.15) is 5.82 Å². The van der Waals surface area contributed by atoms with Crippen molar-refractivity contribution in [2.75, 3.05) is 0 Å². The van der Waals surface area contributed by atoms with E-state index >= 15 is 0 Å². The van der Waals surface area contributed by atoms with E-state index in [0.717, 1.165) is 27.9 Å². The maximum atomic E-state index is 13.3. The topological polar surface area (TPSA) is 33.1 Å². The van der Waals surface area contributed by atoms with Crippen molar-refractivity contribution in [2.24, 2.45) is 0 Å². The number of benzene rings is 2. The molecular formula is C21H20FNO. The van der Waals surface area contributed by atoms with Crippen LogP contribution in [0.4, 0.5) is 4.39 Å². The van der Waals surface area contributed by atoms with E-state index in [1.54, 1.807) is 12.1 Å². The van der Waals surface area contributed by atoms with Gasteiger partial charge in [-0.15, -0.1) is 0 Å². The van der Waals surface area contributed by atoms with Gasteiger partial charge in [0, 0.05) is 16.7 Å². The third-order valence-corrected chi connectivity index (χ3v) is 4.13. The van der Waals surface area contributed by atoms with Crippen LogP contribution in [0.1, 0.15) is 30.9 Å². The molecule has 0 aliphatic rings. The number of halogens is 1. The summed E-state index contributed by atoms with van der Waals surface area (Å²) in [6, 6.07) is 18.2. The average Bonchev–Trinajstić information content (AvgIpc) is 2.62. The van der Waals surface area contributed by atoms with Crippen LogP contribution in [0.15, 0.2) is 60.7 Å². The molecule has 0 unspecified atom stereocenters. The van der Waals surface area contributed by atoms with Crippen LogP contribution >= 0.6 is 0 Å². The molecule has 122 valence electrons. The zero-order valence-corrected chi connectivity index (χ0v) is 13.8. The molecule has 1 N–H and O–H groups in total. The minimum Gasteiger partial charge on any atom is -0.392 e. The summed E-state index contributed by atoms with van der Waals surface area (Å²) in [6.07, 6.45) is 0. The predicted octanol–water partition coefficient (Wildman–Crippen LogP) is 5.17. The summed E-state index contributed by atoms with van der Waals surface area (Å²) in [5, 5.41) is 9.91. The van der Waals surface area contributed by atoms with Gasteiger partial charge in [0.25, 0.3) is 0 Å². The number of rotatable bonds is 4. The maximum Gasteiger partial charge on any atom is 0.123 e. The Hall–Kier alpha value is -2.52. The largest absolute Gasteiger partial charge is 0.392 e. The monoisotopic (exact) mass is 321 g/mol. The molecule has 0 saturated heterocycles. The van der Waals surface area contributed by atoms with Crippen molar-refractivity contribution < 1.29 is 9.50 Å². The number of aromatic nitrogens is 1. The molecule has 0 aliphatic carbocycles. The predicted molar refractivity (Wildman–Crippen MR) is 95.1 cm³/mol. The molecular weight excluding hydrogens is 301 g/mol. The highest BCUT2D eigenvalue weighted by molar-refractivity contribution is 5.71. The van der Waals surface area contributed by atoms with Gasteiger partial charge in [-0.3, -0.25) is 0 Å². The molecule has 0 spiro atoms. The molecule has 3 rings (SSSR count). The van der Waals surface area contributed by atoms with Gasteiger partial charge in [-0.1, -0.05) is 44.2 Å². The number of hydrogen-bond acceptors (Lipinski definition) is 2. The van der Waals surface area contributed by atoms with E-state index in [1.165, 1.54) is 12.1 Å². The van der Waals surface area contributed by atoms with Crippen LogP contribution in [-0.4, -0.2) is 10.1 Å². The Morgan fingerprint density at radius 1 is 0.958 bits per heavy atom. The van der Waals surface area contributed by atoms with Crippen LogP contribution in [0.2, 0.25) is 0 Å². The molecule has 0 aliphatic heterocycles. The van der Waals surface area contributed by atoms with E-state index in [9.17, 15) is 9.50 Å². The molecule has 0 amide bonds. The van der Waals surface area contributed by atoms with Gasteiger partial charge in [-0.25, -0.2) is 9.37 Å². The molecule has 2 nitrogen and oxygen atoms in total. The normalized spacial score (nSPS) is 11.0. The highest BCUT2D eigenvalue weighted by Crippen LogP contribution is 2.33. The molecule has 1 aromatic heterocycles. The Balaban J connectivity index is 2.25. The fourth-order valence-corrected chi connectivity index (χ4v) is 2.88. The van der Waals surface area contributed by atoms with Crippen molar-refractivity contribution in [1.82, 2.24) is 4.98 Å². The Morgan fingerprint density at radius 3 is 2.21 bits per heavy atom. The number of hydrogen-bond donors (Lipinski definition) is 1. The first-order valence-corrected chi connectivity index (χ1v) is 8.06. The van der Waals surface area contributed by atoms with E-state index in [0.29, 0.717) is 5.69 Å². The third kappa shape index (κ3) is 3.22. The van der Waals surface area contributed by atoms with Crippen molar-refractivity contribution in [3.63, 3.8) is 0 Å². The minimum atomic E-state index is -0.285. The average molecular weight is 321 g/mol. The molecule has 0 saturated carbocycles. The first-order valence-electron chi connectivity index (χ1n) is 8.06. The second-order valence-corrected chi connectivity index (χ2v) is 6.11. The van der Waals surface area contributed by atoms with Crippen molar-refractivity contribution in [3.8, 4) is 22.5 Å². The quantitative estimate of drug-likeness (QED) is 0.719. The molecule has 3 aromatic rings. The van der Waals surface area contributed by atoms with Gasteiger partial charge in [0.05, 0.1) is 18.0 Å².